The Bertz CT molecular complexity index is 489. The Hall–Kier alpha value is 0.150. The summed E-state index contributed by atoms with van der Waals surface area (Å²) in [6.07, 6.45) is 10.6. The zero-order valence-corrected chi connectivity index (χ0v) is 23.2. The Morgan fingerprint density at radius 1 is 0.484 bits per heavy atom. The number of rotatable bonds is 3. The maximum Gasteiger partial charge on any atom is 3.00 e. The van der Waals surface area contributed by atoms with Crippen molar-refractivity contribution in [2.75, 3.05) is 0 Å². The molecule has 0 N–H and O–H groups in total. The molecule has 3 saturated carbocycles. The fourth-order valence-corrected chi connectivity index (χ4v) is 5.20. The summed E-state index contributed by atoms with van der Waals surface area (Å²) in [7, 11) is 0. The summed E-state index contributed by atoms with van der Waals surface area (Å²) in [4.78, 5) is 31.1. The van der Waals surface area contributed by atoms with E-state index in [4.69, 9.17) is 34.8 Å². The van der Waals surface area contributed by atoms with Gasteiger partial charge in [0.2, 0.25) is 0 Å². The van der Waals surface area contributed by atoms with Crippen LogP contribution in [0.2, 0.25) is 0 Å². The largest absolute Gasteiger partial charge is 3.00 e. The van der Waals surface area contributed by atoms with Gasteiger partial charge in [0.1, 0.15) is 0 Å². The van der Waals surface area contributed by atoms with E-state index in [1.165, 1.54) is 0 Å². The number of hydrogen-bond acceptors (Lipinski definition) is 6. The first-order valence-electron chi connectivity index (χ1n) is 10.7. The van der Waals surface area contributed by atoms with E-state index in [2.05, 4.69) is 0 Å². The number of carbonyl (C=O) groups is 3. The molecule has 3 aliphatic rings. The second-order valence-corrected chi connectivity index (χ2v) is 9.86. The number of hydrogen-bond donors (Lipinski definition) is 0. The van der Waals surface area contributed by atoms with Crippen LogP contribution in [0.4, 0.5) is 0 Å². The van der Waals surface area contributed by atoms with E-state index in [1.807, 2.05) is 0 Å². The molecule has 31 heavy (non-hydrogen) atoms. The maximum atomic E-state index is 10.4. The first-order chi connectivity index (χ1) is 14.1. The van der Waals surface area contributed by atoms with Crippen LogP contribution in [0.5, 0.6) is 0 Å². The average molecular weight is 600 g/mol. The molecule has 0 bridgehead atoms. The fourth-order valence-electron chi connectivity index (χ4n) is 4.05. The van der Waals surface area contributed by atoms with Crippen molar-refractivity contribution < 1.29 is 29.7 Å². The van der Waals surface area contributed by atoms with Crippen LogP contribution in [0.1, 0.15) is 77.0 Å². The molecule has 3 fully saturated rings. The summed E-state index contributed by atoms with van der Waals surface area (Å²) >= 11 is 17.3. The van der Waals surface area contributed by atoms with Gasteiger partial charge in [0.05, 0.1) is 0 Å². The van der Waals surface area contributed by atoms with Gasteiger partial charge in [-0.15, -0.1) is 34.8 Å². The normalized spacial score (nSPS) is 32.6. The van der Waals surface area contributed by atoms with Crippen molar-refractivity contribution in [2.24, 2.45) is 17.8 Å². The van der Waals surface area contributed by atoms with Crippen molar-refractivity contribution in [3.8, 4) is 0 Å². The molecule has 0 aromatic carbocycles. The smallest absolute Gasteiger partial charge is 0.550 e. The molecule has 6 atom stereocenters. The number of halogens is 3. The summed E-state index contributed by atoms with van der Waals surface area (Å²) in [5.74, 6) is -4.18. The molecule has 0 aromatic heterocycles. The Kier molecular flexibility index (Phi) is 16.8. The van der Waals surface area contributed by atoms with E-state index < -0.39 is 35.7 Å². The van der Waals surface area contributed by atoms with Gasteiger partial charge in [0, 0.05) is 51.8 Å². The van der Waals surface area contributed by atoms with Crippen LogP contribution in [-0.4, -0.2) is 59.9 Å². The van der Waals surface area contributed by atoms with Gasteiger partial charge in [-0.3, -0.25) is 0 Å². The molecule has 0 amide bonds. The van der Waals surface area contributed by atoms with E-state index in [-0.39, 0.29) is 42.0 Å². The standard InChI is InChI=1S/3C7H11ClO2.In/c3*8-6-4-2-1-3-5(6)7(9)10;/h3*5-6H,1-4H2,(H,9,10);/q;;;+3/p-3. The molecule has 0 heterocycles. The minimum absolute atomic E-state index is 0. The van der Waals surface area contributed by atoms with E-state index in [9.17, 15) is 29.7 Å². The average Bonchev–Trinajstić information content (AvgIpc) is 2.69. The fraction of sp³-hybridized carbons (Fsp3) is 0.857. The van der Waals surface area contributed by atoms with Crippen molar-refractivity contribution in [1.82, 2.24) is 0 Å². The van der Waals surface area contributed by atoms with E-state index in [0.717, 1.165) is 57.8 Å². The minimum atomic E-state index is -0.986. The zero-order valence-electron chi connectivity index (χ0n) is 17.6. The zero-order chi connectivity index (χ0) is 22.7. The quantitative estimate of drug-likeness (QED) is 0.450. The van der Waals surface area contributed by atoms with Crippen molar-refractivity contribution >= 4 is 78.6 Å². The number of aliphatic carboxylic acids is 3. The number of alkyl halides is 3. The second-order valence-electron chi connectivity index (χ2n) is 8.18. The van der Waals surface area contributed by atoms with Gasteiger partial charge < -0.3 is 29.7 Å². The van der Waals surface area contributed by atoms with E-state index in [1.54, 1.807) is 0 Å². The Labute approximate surface area is 218 Å². The van der Waals surface area contributed by atoms with Crippen molar-refractivity contribution in [2.45, 2.75) is 93.2 Å². The molecule has 3 rings (SSSR count). The molecule has 0 aromatic rings. The molecule has 6 unspecified atom stereocenters. The summed E-state index contributed by atoms with van der Waals surface area (Å²) in [5.41, 5.74) is 0. The third kappa shape index (κ3) is 11.7. The third-order valence-electron chi connectivity index (χ3n) is 5.95. The molecule has 0 spiro atoms. The van der Waals surface area contributed by atoms with Crippen LogP contribution in [0.15, 0.2) is 0 Å². The predicted octanol–water partition coefficient (Wildman–Crippen LogP) is 1.22. The van der Waals surface area contributed by atoms with Crippen LogP contribution in [0.3, 0.4) is 0 Å². The molecule has 10 heteroatoms. The Balaban J connectivity index is 0.000000429. The monoisotopic (exact) mass is 598 g/mol. The SMILES string of the molecule is O=C([O-])C1CCCCC1Cl.O=C([O-])C1CCCCC1Cl.O=C([O-])C1CCCCC1Cl.[In+3]. The van der Waals surface area contributed by atoms with Gasteiger partial charge in [0.25, 0.3) is 0 Å². The van der Waals surface area contributed by atoms with Gasteiger partial charge in [-0.25, -0.2) is 0 Å². The number of carbonyl (C=O) groups excluding carboxylic acids is 3. The van der Waals surface area contributed by atoms with Crippen LogP contribution in [-0.2, 0) is 14.4 Å². The van der Waals surface area contributed by atoms with Crippen LogP contribution in [0.25, 0.3) is 0 Å². The third-order valence-corrected chi connectivity index (χ3v) is 7.52. The molecule has 174 valence electrons. The Morgan fingerprint density at radius 3 is 0.806 bits per heavy atom. The Morgan fingerprint density at radius 2 is 0.677 bits per heavy atom. The molecular weight excluding hydrogens is 569 g/mol. The number of carboxylic acid groups (broad SMARTS) is 3. The molecule has 0 radical (unpaired) electrons. The van der Waals surface area contributed by atoms with Crippen molar-refractivity contribution in [3.63, 3.8) is 0 Å². The van der Waals surface area contributed by atoms with Gasteiger partial charge in [-0.2, -0.15) is 0 Å². The van der Waals surface area contributed by atoms with Gasteiger partial charge in [0.15, 0.2) is 0 Å². The maximum absolute atomic E-state index is 10.4. The molecule has 6 nitrogen and oxygen atoms in total. The van der Waals surface area contributed by atoms with E-state index in [0.29, 0.717) is 19.3 Å². The van der Waals surface area contributed by atoms with Crippen molar-refractivity contribution in [1.29, 1.82) is 0 Å². The van der Waals surface area contributed by atoms with Gasteiger partial charge in [-0.1, -0.05) is 38.5 Å². The molecule has 0 saturated heterocycles. The first kappa shape index (κ1) is 31.2. The first-order valence-corrected chi connectivity index (χ1v) is 12.0. The summed E-state index contributed by atoms with van der Waals surface area (Å²) < 4.78 is 0. The van der Waals surface area contributed by atoms with Crippen LogP contribution >= 0.6 is 34.8 Å². The van der Waals surface area contributed by atoms with E-state index >= 15 is 0 Å². The minimum Gasteiger partial charge on any atom is -0.550 e. The summed E-state index contributed by atoms with van der Waals surface area (Å²) in [5, 5.41) is 30.5. The second kappa shape index (κ2) is 16.7. The van der Waals surface area contributed by atoms with Crippen LogP contribution < -0.4 is 15.3 Å². The van der Waals surface area contributed by atoms with Crippen LogP contribution in [0, 0.1) is 17.8 Å². The van der Waals surface area contributed by atoms with Crippen molar-refractivity contribution in [3.05, 3.63) is 0 Å². The number of carboxylic acids is 3. The summed E-state index contributed by atoms with van der Waals surface area (Å²) in [6, 6.07) is 0. The molecule has 3 aliphatic carbocycles. The topological polar surface area (TPSA) is 120 Å². The van der Waals surface area contributed by atoms with Gasteiger partial charge >= 0.3 is 25.8 Å². The predicted molar refractivity (Wildman–Crippen MR) is 116 cm³/mol. The summed E-state index contributed by atoms with van der Waals surface area (Å²) in [6.45, 7) is 0. The molecular formula is C21H30Cl3InO6. The van der Waals surface area contributed by atoms with Gasteiger partial charge in [-0.05, 0) is 38.5 Å². The molecule has 0 aliphatic heterocycles.